The summed E-state index contributed by atoms with van der Waals surface area (Å²) < 4.78 is 0. The Kier molecular flexibility index (Phi) is 6.39. The van der Waals surface area contributed by atoms with E-state index in [0.717, 1.165) is 37.2 Å². The number of nitrogens with one attached hydrogen (secondary N) is 1. The summed E-state index contributed by atoms with van der Waals surface area (Å²) in [6.07, 6.45) is 6.92. The van der Waals surface area contributed by atoms with Gasteiger partial charge in [-0.2, -0.15) is 0 Å². The van der Waals surface area contributed by atoms with Crippen molar-refractivity contribution in [2.75, 3.05) is 17.2 Å². The summed E-state index contributed by atoms with van der Waals surface area (Å²) in [7, 11) is 0. The molecule has 1 aromatic rings. The lowest BCUT2D eigenvalue weighted by Gasteiger charge is -2.37. The Balaban J connectivity index is 0.00000208. The Labute approximate surface area is 151 Å². The van der Waals surface area contributed by atoms with Crippen LogP contribution in [0.2, 0.25) is 0 Å². The van der Waals surface area contributed by atoms with E-state index in [9.17, 15) is 4.79 Å². The number of fused-ring (bicyclic) bond motifs is 1. The number of halogens is 1. The molecule has 1 aliphatic heterocycles. The summed E-state index contributed by atoms with van der Waals surface area (Å²) in [6, 6.07) is 6.23. The molecule has 0 spiro atoms. The summed E-state index contributed by atoms with van der Waals surface area (Å²) in [6.45, 7) is 5.19. The molecule has 5 heteroatoms. The van der Waals surface area contributed by atoms with Crippen LogP contribution in [0.25, 0.3) is 0 Å². The van der Waals surface area contributed by atoms with Crippen molar-refractivity contribution in [3.8, 4) is 0 Å². The summed E-state index contributed by atoms with van der Waals surface area (Å²) in [5, 5.41) is 3.30. The van der Waals surface area contributed by atoms with Crippen molar-refractivity contribution in [1.29, 1.82) is 0 Å². The number of nitrogens with zero attached hydrogens (tertiary/aromatic N) is 1. The standard InChI is InChI=1S/C19H29N3O.ClH/c1-13-7-3-4-10-17(13)21-19(23)14(2)22-12-6-8-15-16(20)9-5-11-18(15)22;/h5,9,11,13-14,17H,3-4,6-8,10,12,20H2,1-2H3,(H,21,23);1H. The topological polar surface area (TPSA) is 58.4 Å². The van der Waals surface area contributed by atoms with Crippen LogP contribution in [0.4, 0.5) is 11.4 Å². The van der Waals surface area contributed by atoms with Gasteiger partial charge >= 0.3 is 0 Å². The van der Waals surface area contributed by atoms with Crippen molar-refractivity contribution in [3.05, 3.63) is 23.8 Å². The highest BCUT2D eigenvalue weighted by atomic mass is 35.5. The third-order valence-electron chi connectivity index (χ3n) is 5.61. The molecule has 0 aromatic heterocycles. The summed E-state index contributed by atoms with van der Waals surface area (Å²) >= 11 is 0. The fourth-order valence-electron chi connectivity index (χ4n) is 4.06. The van der Waals surface area contributed by atoms with E-state index in [1.807, 2.05) is 19.1 Å². The highest BCUT2D eigenvalue weighted by Gasteiger charge is 2.30. The minimum absolute atomic E-state index is 0. The Hall–Kier alpha value is -1.42. The number of anilines is 2. The molecule has 3 rings (SSSR count). The van der Waals surface area contributed by atoms with Gasteiger partial charge in [0.15, 0.2) is 0 Å². The van der Waals surface area contributed by atoms with Crippen LogP contribution < -0.4 is 16.0 Å². The molecular formula is C19H30ClN3O. The maximum atomic E-state index is 12.8. The van der Waals surface area contributed by atoms with Gasteiger partial charge in [0.05, 0.1) is 0 Å². The van der Waals surface area contributed by atoms with Gasteiger partial charge in [-0.3, -0.25) is 4.79 Å². The smallest absolute Gasteiger partial charge is 0.242 e. The van der Waals surface area contributed by atoms with E-state index in [0.29, 0.717) is 12.0 Å². The normalized spacial score (nSPS) is 24.5. The third kappa shape index (κ3) is 3.80. The number of carbonyl (C=O) groups is 1. The van der Waals surface area contributed by atoms with Crippen molar-refractivity contribution < 1.29 is 4.79 Å². The largest absolute Gasteiger partial charge is 0.398 e. The quantitative estimate of drug-likeness (QED) is 0.819. The van der Waals surface area contributed by atoms with E-state index in [4.69, 9.17) is 5.73 Å². The molecule has 3 N–H and O–H groups in total. The van der Waals surface area contributed by atoms with Gasteiger partial charge in [0.2, 0.25) is 5.91 Å². The first kappa shape index (κ1) is 18.9. The first-order chi connectivity index (χ1) is 11.1. The number of hydrogen-bond acceptors (Lipinski definition) is 3. The molecule has 0 saturated heterocycles. The Morgan fingerprint density at radius 3 is 2.79 bits per heavy atom. The average molecular weight is 352 g/mol. The van der Waals surface area contributed by atoms with Gasteiger partial charge in [0.1, 0.15) is 6.04 Å². The van der Waals surface area contributed by atoms with Crippen LogP contribution in [0, 0.1) is 5.92 Å². The third-order valence-corrected chi connectivity index (χ3v) is 5.61. The molecule has 1 aromatic carbocycles. The minimum atomic E-state index is -0.148. The second-order valence-electron chi connectivity index (χ2n) is 7.19. The zero-order valence-corrected chi connectivity index (χ0v) is 15.6. The highest BCUT2D eigenvalue weighted by molar-refractivity contribution is 5.86. The van der Waals surface area contributed by atoms with Gasteiger partial charge < -0.3 is 16.0 Å². The van der Waals surface area contributed by atoms with Crippen molar-refractivity contribution in [1.82, 2.24) is 5.32 Å². The molecule has 1 amide bonds. The zero-order valence-electron chi connectivity index (χ0n) is 14.8. The van der Waals surface area contributed by atoms with Crippen LogP contribution in [0.5, 0.6) is 0 Å². The molecule has 1 heterocycles. The lowest BCUT2D eigenvalue weighted by Crippen LogP contribution is -2.51. The average Bonchev–Trinajstić information content (AvgIpc) is 2.56. The van der Waals surface area contributed by atoms with E-state index < -0.39 is 0 Å². The predicted molar refractivity (Wildman–Crippen MR) is 103 cm³/mol. The Morgan fingerprint density at radius 2 is 2.04 bits per heavy atom. The second kappa shape index (κ2) is 8.11. The Morgan fingerprint density at radius 1 is 1.29 bits per heavy atom. The Bertz CT molecular complexity index is 578. The number of benzene rings is 1. The number of rotatable bonds is 3. The van der Waals surface area contributed by atoms with Gasteiger partial charge in [-0.05, 0) is 56.2 Å². The van der Waals surface area contributed by atoms with Crippen molar-refractivity contribution in [3.63, 3.8) is 0 Å². The van der Waals surface area contributed by atoms with Crippen molar-refractivity contribution in [2.24, 2.45) is 5.92 Å². The minimum Gasteiger partial charge on any atom is -0.398 e. The molecule has 2 aliphatic rings. The van der Waals surface area contributed by atoms with Crippen LogP contribution >= 0.6 is 12.4 Å². The molecule has 1 saturated carbocycles. The van der Waals surface area contributed by atoms with Crippen LogP contribution in [0.15, 0.2) is 18.2 Å². The fraction of sp³-hybridized carbons (Fsp3) is 0.632. The molecule has 3 atom stereocenters. The van der Waals surface area contributed by atoms with Crippen LogP contribution in [-0.2, 0) is 11.2 Å². The molecule has 3 unspecified atom stereocenters. The number of nitrogens with two attached hydrogens (primary N) is 1. The summed E-state index contributed by atoms with van der Waals surface area (Å²) in [5.74, 6) is 0.739. The molecule has 4 nitrogen and oxygen atoms in total. The van der Waals surface area contributed by atoms with E-state index in [-0.39, 0.29) is 24.4 Å². The van der Waals surface area contributed by atoms with Gasteiger partial charge in [-0.15, -0.1) is 12.4 Å². The first-order valence-corrected chi connectivity index (χ1v) is 9.02. The molecule has 1 aliphatic carbocycles. The van der Waals surface area contributed by atoms with E-state index in [1.165, 1.54) is 24.8 Å². The van der Waals surface area contributed by atoms with E-state index in [2.05, 4.69) is 23.2 Å². The zero-order chi connectivity index (χ0) is 16.4. The van der Waals surface area contributed by atoms with Crippen molar-refractivity contribution >= 4 is 29.7 Å². The molecule has 134 valence electrons. The number of carbonyl (C=O) groups excluding carboxylic acids is 1. The van der Waals surface area contributed by atoms with Crippen LogP contribution in [-0.4, -0.2) is 24.5 Å². The monoisotopic (exact) mass is 351 g/mol. The van der Waals surface area contributed by atoms with Gasteiger partial charge in [-0.1, -0.05) is 25.8 Å². The first-order valence-electron chi connectivity index (χ1n) is 9.02. The SMILES string of the molecule is CC1CCCCC1NC(=O)C(C)N1CCCc2c(N)cccc21.Cl. The molecule has 0 radical (unpaired) electrons. The lowest BCUT2D eigenvalue weighted by atomic mass is 9.86. The van der Waals surface area contributed by atoms with Crippen molar-refractivity contribution in [2.45, 2.75) is 64.5 Å². The lowest BCUT2D eigenvalue weighted by molar-refractivity contribution is -0.123. The molecule has 1 fully saturated rings. The highest BCUT2D eigenvalue weighted by Crippen LogP contribution is 2.32. The van der Waals surface area contributed by atoms with E-state index in [1.54, 1.807) is 0 Å². The number of nitrogen functional groups attached to an aromatic ring is 1. The van der Waals surface area contributed by atoms with Gasteiger partial charge in [-0.25, -0.2) is 0 Å². The molecule has 0 bridgehead atoms. The van der Waals surface area contributed by atoms with Crippen LogP contribution in [0.3, 0.4) is 0 Å². The summed E-state index contributed by atoms with van der Waals surface area (Å²) in [5.41, 5.74) is 9.30. The van der Waals surface area contributed by atoms with Gasteiger partial charge in [0.25, 0.3) is 0 Å². The number of hydrogen-bond donors (Lipinski definition) is 2. The van der Waals surface area contributed by atoms with Gasteiger partial charge in [0, 0.05) is 24.0 Å². The molecular weight excluding hydrogens is 322 g/mol. The summed E-state index contributed by atoms with van der Waals surface area (Å²) in [4.78, 5) is 15.0. The molecule has 24 heavy (non-hydrogen) atoms. The maximum absolute atomic E-state index is 12.8. The predicted octanol–water partition coefficient (Wildman–Crippen LogP) is 3.53. The maximum Gasteiger partial charge on any atom is 0.242 e. The second-order valence-corrected chi connectivity index (χ2v) is 7.19. The van der Waals surface area contributed by atoms with Crippen LogP contribution in [0.1, 0.15) is 51.5 Å². The number of amides is 1. The fourth-order valence-corrected chi connectivity index (χ4v) is 4.06. The van der Waals surface area contributed by atoms with E-state index >= 15 is 0 Å².